The number of hydrogen-bond donors (Lipinski definition) is 4. The molecule has 0 aliphatic rings. The fourth-order valence-electron chi connectivity index (χ4n) is 2.23. The number of anilines is 4. The van der Waals surface area contributed by atoms with E-state index in [2.05, 4.69) is 5.32 Å². The van der Waals surface area contributed by atoms with E-state index in [1.807, 2.05) is 24.3 Å². The van der Waals surface area contributed by atoms with Crippen molar-refractivity contribution in [3.63, 3.8) is 0 Å². The Morgan fingerprint density at radius 3 is 2.14 bits per heavy atom. The topological polar surface area (TPSA) is 107 Å². The number of nitrogens with two attached hydrogens (primary N) is 3. The van der Waals surface area contributed by atoms with Crippen molar-refractivity contribution in [1.82, 2.24) is 0 Å². The lowest BCUT2D eigenvalue weighted by Crippen LogP contribution is -2.09. The molecule has 110 valence electrons. The molecule has 0 atom stereocenters. The third-order valence-corrected chi connectivity index (χ3v) is 3.40. The fraction of sp³-hybridized carbons (Fsp3) is 0.188. The summed E-state index contributed by atoms with van der Waals surface area (Å²) in [4.78, 5) is 10.6. The highest BCUT2D eigenvalue weighted by molar-refractivity contribution is 5.64. The summed E-state index contributed by atoms with van der Waals surface area (Å²) in [6.45, 7) is 0.551. The van der Waals surface area contributed by atoms with Gasteiger partial charge in [-0.05, 0) is 53.9 Å². The van der Waals surface area contributed by atoms with Gasteiger partial charge in [-0.2, -0.15) is 0 Å². The summed E-state index contributed by atoms with van der Waals surface area (Å²) < 4.78 is 0. The predicted molar refractivity (Wildman–Crippen MR) is 87.8 cm³/mol. The van der Waals surface area contributed by atoms with Gasteiger partial charge >= 0.3 is 0 Å². The number of carbonyl (C=O) groups excluding carboxylic acids is 1. The molecule has 0 spiro atoms. The van der Waals surface area contributed by atoms with E-state index in [0.717, 1.165) is 28.8 Å². The van der Waals surface area contributed by atoms with Gasteiger partial charge in [-0.15, -0.1) is 0 Å². The second kappa shape index (κ2) is 6.65. The average molecular weight is 284 g/mol. The molecular weight excluding hydrogens is 264 g/mol. The van der Waals surface area contributed by atoms with Gasteiger partial charge in [0.25, 0.3) is 0 Å². The van der Waals surface area contributed by atoms with Crippen molar-refractivity contribution in [1.29, 1.82) is 0 Å². The van der Waals surface area contributed by atoms with E-state index in [0.29, 0.717) is 30.8 Å². The van der Waals surface area contributed by atoms with Gasteiger partial charge in [0.2, 0.25) is 0 Å². The number of hydrogen-bond acceptors (Lipinski definition) is 5. The first-order valence-corrected chi connectivity index (χ1v) is 6.80. The molecule has 0 unspecified atom stereocenters. The molecule has 2 rings (SSSR count). The van der Waals surface area contributed by atoms with Crippen molar-refractivity contribution in [2.75, 3.05) is 22.5 Å². The number of nitrogen functional groups attached to an aromatic ring is 3. The number of nitrogens with one attached hydrogen (secondary N) is 1. The quantitative estimate of drug-likeness (QED) is 0.480. The third-order valence-electron chi connectivity index (χ3n) is 3.40. The molecule has 0 fully saturated rings. The van der Waals surface area contributed by atoms with Crippen LogP contribution in [0.2, 0.25) is 0 Å². The monoisotopic (exact) mass is 284 g/mol. The normalized spacial score (nSPS) is 10.3. The summed E-state index contributed by atoms with van der Waals surface area (Å²) in [7, 11) is 0. The van der Waals surface area contributed by atoms with Crippen molar-refractivity contribution in [2.24, 2.45) is 0 Å². The molecule has 7 N–H and O–H groups in total. The molecule has 5 nitrogen and oxygen atoms in total. The Balaban J connectivity index is 2.19. The van der Waals surface area contributed by atoms with Crippen LogP contribution in [0.1, 0.15) is 17.5 Å². The second-order valence-electron chi connectivity index (χ2n) is 4.88. The van der Waals surface area contributed by atoms with Gasteiger partial charge in [-0.3, -0.25) is 0 Å². The minimum absolute atomic E-state index is 0.433. The van der Waals surface area contributed by atoms with Crippen LogP contribution >= 0.6 is 0 Å². The van der Waals surface area contributed by atoms with E-state index in [9.17, 15) is 4.79 Å². The molecule has 2 aromatic carbocycles. The highest BCUT2D eigenvalue weighted by atomic mass is 16.1. The van der Waals surface area contributed by atoms with Crippen LogP contribution < -0.4 is 22.5 Å². The smallest absolute Gasteiger partial charge is 0.120 e. The largest absolute Gasteiger partial charge is 0.399 e. The number of carbonyl (C=O) groups is 1. The van der Waals surface area contributed by atoms with Crippen molar-refractivity contribution in [3.05, 3.63) is 47.5 Å². The molecule has 0 saturated carbocycles. The summed E-state index contributed by atoms with van der Waals surface area (Å²) >= 11 is 0. The average Bonchev–Trinajstić information content (AvgIpc) is 2.48. The highest BCUT2D eigenvalue weighted by Crippen LogP contribution is 2.25. The van der Waals surface area contributed by atoms with Gasteiger partial charge in [0.15, 0.2) is 0 Å². The number of rotatable bonds is 6. The summed E-state index contributed by atoms with van der Waals surface area (Å²) in [5.74, 6) is 0. The zero-order chi connectivity index (χ0) is 15.2. The first kappa shape index (κ1) is 14.7. The lowest BCUT2D eigenvalue weighted by atomic mass is 9.99. The van der Waals surface area contributed by atoms with E-state index in [-0.39, 0.29) is 0 Å². The SMILES string of the molecule is Nc1ccc(NCc2c(N)ccc(N)c2CCC=O)cc1. The van der Waals surface area contributed by atoms with Crippen LogP contribution in [0.3, 0.4) is 0 Å². The van der Waals surface area contributed by atoms with Crippen molar-refractivity contribution < 1.29 is 4.79 Å². The summed E-state index contributed by atoms with van der Waals surface area (Å²) in [6, 6.07) is 11.0. The van der Waals surface area contributed by atoms with Crippen LogP contribution in [0.5, 0.6) is 0 Å². The Morgan fingerprint density at radius 1 is 0.905 bits per heavy atom. The van der Waals surface area contributed by atoms with Gasteiger partial charge in [0.05, 0.1) is 0 Å². The van der Waals surface area contributed by atoms with Crippen LogP contribution in [0.15, 0.2) is 36.4 Å². The third kappa shape index (κ3) is 3.66. The van der Waals surface area contributed by atoms with Crippen LogP contribution in [0.4, 0.5) is 22.7 Å². The van der Waals surface area contributed by atoms with Gasteiger partial charge in [-0.1, -0.05) is 0 Å². The van der Waals surface area contributed by atoms with Crippen LogP contribution in [-0.4, -0.2) is 6.29 Å². The first-order valence-electron chi connectivity index (χ1n) is 6.80. The molecule has 2 aromatic rings. The van der Waals surface area contributed by atoms with Crippen LogP contribution in [0, 0.1) is 0 Å². The number of aldehydes is 1. The maximum absolute atomic E-state index is 10.6. The van der Waals surface area contributed by atoms with Crippen molar-refractivity contribution in [3.8, 4) is 0 Å². The molecular formula is C16H20N4O. The van der Waals surface area contributed by atoms with E-state index in [1.165, 1.54) is 0 Å². The predicted octanol–water partition coefficient (Wildman–Crippen LogP) is 2.18. The molecule has 0 aromatic heterocycles. The Hall–Kier alpha value is -2.69. The summed E-state index contributed by atoms with van der Waals surface area (Å²) in [6.07, 6.45) is 1.92. The van der Waals surface area contributed by atoms with E-state index in [1.54, 1.807) is 12.1 Å². The molecule has 0 amide bonds. The molecule has 21 heavy (non-hydrogen) atoms. The zero-order valence-electron chi connectivity index (χ0n) is 11.8. The van der Waals surface area contributed by atoms with Crippen LogP contribution in [0.25, 0.3) is 0 Å². The second-order valence-corrected chi connectivity index (χ2v) is 4.88. The highest BCUT2D eigenvalue weighted by Gasteiger charge is 2.10. The van der Waals surface area contributed by atoms with Crippen molar-refractivity contribution in [2.45, 2.75) is 19.4 Å². The lowest BCUT2D eigenvalue weighted by Gasteiger charge is -2.16. The molecule has 0 heterocycles. The minimum atomic E-state index is 0.433. The Kier molecular flexibility index (Phi) is 4.66. The van der Waals surface area contributed by atoms with Gasteiger partial charge in [0, 0.05) is 35.7 Å². The van der Waals surface area contributed by atoms with Gasteiger partial charge < -0.3 is 27.3 Å². The maximum Gasteiger partial charge on any atom is 0.120 e. The van der Waals surface area contributed by atoms with E-state index in [4.69, 9.17) is 17.2 Å². The molecule has 0 bridgehead atoms. The Labute approximate surface area is 124 Å². The number of benzene rings is 2. The minimum Gasteiger partial charge on any atom is -0.399 e. The summed E-state index contributed by atoms with van der Waals surface area (Å²) in [5.41, 5.74) is 22.6. The van der Waals surface area contributed by atoms with Gasteiger partial charge in [0.1, 0.15) is 6.29 Å². The molecule has 0 saturated heterocycles. The van der Waals surface area contributed by atoms with Crippen molar-refractivity contribution >= 4 is 29.0 Å². The molecule has 0 radical (unpaired) electrons. The van der Waals surface area contributed by atoms with E-state index < -0.39 is 0 Å². The Morgan fingerprint density at radius 2 is 1.52 bits per heavy atom. The fourth-order valence-corrected chi connectivity index (χ4v) is 2.23. The molecule has 0 aliphatic heterocycles. The molecule has 5 heteroatoms. The molecule has 0 aliphatic carbocycles. The first-order chi connectivity index (χ1) is 10.1. The Bertz CT molecular complexity index is 623. The van der Waals surface area contributed by atoms with E-state index >= 15 is 0 Å². The lowest BCUT2D eigenvalue weighted by molar-refractivity contribution is -0.107. The standard InChI is InChI=1S/C16H20N4O/c17-11-3-5-12(6-4-11)20-10-14-13(2-1-9-21)15(18)7-8-16(14)19/h3-9,20H,1-2,10,17-19H2. The van der Waals surface area contributed by atoms with Gasteiger partial charge in [-0.25, -0.2) is 0 Å². The summed E-state index contributed by atoms with van der Waals surface area (Å²) in [5, 5.41) is 3.29. The zero-order valence-corrected chi connectivity index (χ0v) is 11.8. The maximum atomic E-state index is 10.6. The van der Waals surface area contributed by atoms with Crippen LogP contribution in [-0.2, 0) is 17.8 Å².